The van der Waals surface area contributed by atoms with Crippen molar-refractivity contribution < 1.29 is 14.3 Å². The summed E-state index contributed by atoms with van der Waals surface area (Å²) >= 11 is 6.24. The van der Waals surface area contributed by atoms with Crippen molar-refractivity contribution in [2.45, 2.75) is 83.6 Å². The summed E-state index contributed by atoms with van der Waals surface area (Å²) in [5.41, 5.74) is 7.63. The van der Waals surface area contributed by atoms with Crippen LogP contribution in [0.25, 0.3) is 0 Å². The molecule has 2 fully saturated rings. The Labute approximate surface area is 182 Å². The average Bonchev–Trinajstić information content (AvgIpc) is 3.26. The smallest absolute Gasteiger partial charge is 0.407 e. The van der Waals surface area contributed by atoms with E-state index in [1.165, 1.54) is 0 Å². The maximum Gasteiger partial charge on any atom is 0.407 e. The van der Waals surface area contributed by atoms with Gasteiger partial charge in [0, 0.05) is 17.8 Å². The number of nitrogens with one attached hydrogen (secondary N) is 4. The fourth-order valence-electron chi connectivity index (χ4n) is 4.03. The van der Waals surface area contributed by atoms with E-state index in [1.54, 1.807) is 6.20 Å². The van der Waals surface area contributed by atoms with Gasteiger partial charge in [-0.25, -0.2) is 10.2 Å². The molecule has 30 heavy (non-hydrogen) atoms. The Hall–Kier alpha value is -1.90. The lowest BCUT2D eigenvalue weighted by Crippen LogP contribution is -2.45. The van der Waals surface area contributed by atoms with Crippen molar-refractivity contribution in [3.8, 4) is 0 Å². The Morgan fingerprint density at radius 1 is 1.27 bits per heavy atom. The summed E-state index contributed by atoms with van der Waals surface area (Å²) in [7, 11) is 0. The number of hydrazine groups is 1. The van der Waals surface area contributed by atoms with Gasteiger partial charge < -0.3 is 15.4 Å². The number of aromatic nitrogens is 1. The first-order valence-corrected chi connectivity index (χ1v) is 10.9. The van der Waals surface area contributed by atoms with Crippen molar-refractivity contribution in [1.82, 2.24) is 26.5 Å². The number of nitrogens with zero attached hydrogens (tertiary/aromatic N) is 1. The minimum absolute atomic E-state index is 0.0673. The summed E-state index contributed by atoms with van der Waals surface area (Å²) in [6.07, 6.45) is 4.65. The highest BCUT2D eigenvalue weighted by Gasteiger charge is 2.37. The van der Waals surface area contributed by atoms with Crippen LogP contribution in [0.15, 0.2) is 12.3 Å². The van der Waals surface area contributed by atoms with Crippen molar-refractivity contribution in [3.05, 3.63) is 28.5 Å². The monoisotopic (exact) mass is 437 g/mol. The predicted molar refractivity (Wildman–Crippen MR) is 115 cm³/mol. The zero-order valence-corrected chi connectivity index (χ0v) is 18.8. The number of hydrogen-bond donors (Lipinski definition) is 4. The van der Waals surface area contributed by atoms with E-state index in [4.69, 9.17) is 16.3 Å². The number of aryl methyl sites for hydroxylation is 1. The summed E-state index contributed by atoms with van der Waals surface area (Å²) in [4.78, 5) is 28.6. The molecule has 166 valence electrons. The minimum Gasteiger partial charge on any atom is -0.446 e. The Morgan fingerprint density at radius 2 is 2.03 bits per heavy atom. The van der Waals surface area contributed by atoms with Crippen molar-refractivity contribution in [1.29, 1.82) is 0 Å². The molecule has 8 nitrogen and oxygen atoms in total. The van der Waals surface area contributed by atoms with Crippen LogP contribution in [-0.4, -0.2) is 40.8 Å². The molecule has 9 heteroatoms. The number of rotatable bonds is 5. The first-order chi connectivity index (χ1) is 14.1. The van der Waals surface area contributed by atoms with E-state index < -0.39 is 0 Å². The highest BCUT2D eigenvalue weighted by Crippen LogP contribution is 2.33. The van der Waals surface area contributed by atoms with Crippen LogP contribution in [0, 0.1) is 12.8 Å². The zero-order chi connectivity index (χ0) is 21.9. The highest BCUT2D eigenvalue weighted by molar-refractivity contribution is 6.32. The third kappa shape index (κ3) is 6.30. The quantitative estimate of drug-likeness (QED) is 0.564. The molecule has 1 aromatic heterocycles. The molecule has 3 rings (SSSR count). The number of ether oxygens (including phenoxy) is 1. The Bertz CT molecular complexity index is 782. The number of halogens is 1. The Balaban J connectivity index is 1.43. The van der Waals surface area contributed by atoms with Crippen LogP contribution < -0.4 is 21.5 Å². The lowest BCUT2D eigenvalue weighted by Gasteiger charge is -2.22. The van der Waals surface area contributed by atoms with E-state index >= 15 is 0 Å². The fraction of sp³-hybridized carbons (Fsp3) is 0.667. The normalized spacial score (nSPS) is 26.4. The van der Waals surface area contributed by atoms with Crippen LogP contribution in [0.4, 0.5) is 4.79 Å². The van der Waals surface area contributed by atoms with E-state index in [0.717, 1.165) is 31.2 Å². The molecule has 4 atom stereocenters. The molecule has 1 saturated carbocycles. The molecule has 4 N–H and O–H groups in total. The van der Waals surface area contributed by atoms with Crippen LogP contribution in [0.2, 0.25) is 5.02 Å². The van der Waals surface area contributed by atoms with E-state index in [1.807, 2.05) is 33.8 Å². The minimum atomic E-state index is -0.362. The van der Waals surface area contributed by atoms with E-state index in [-0.39, 0.29) is 42.3 Å². The molecular weight excluding hydrogens is 406 g/mol. The maximum absolute atomic E-state index is 12.4. The first-order valence-electron chi connectivity index (χ1n) is 10.5. The lowest BCUT2D eigenvalue weighted by atomic mass is 9.96. The van der Waals surface area contributed by atoms with Crippen LogP contribution in [-0.2, 0) is 16.0 Å². The second kappa shape index (κ2) is 9.49. The topological polar surface area (TPSA) is 104 Å². The van der Waals surface area contributed by atoms with Crippen molar-refractivity contribution in [2.75, 3.05) is 0 Å². The van der Waals surface area contributed by atoms with Gasteiger partial charge in [-0.3, -0.25) is 15.2 Å². The second-order valence-corrected chi connectivity index (χ2v) is 9.67. The van der Waals surface area contributed by atoms with Gasteiger partial charge in [-0.2, -0.15) is 0 Å². The number of alkyl carbamates (subject to hydrolysis) is 1. The van der Waals surface area contributed by atoms with Crippen LogP contribution in [0.3, 0.4) is 0 Å². The van der Waals surface area contributed by atoms with Gasteiger partial charge in [-0.05, 0) is 70.9 Å². The van der Waals surface area contributed by atoms with Gasteiger partial charge in [0.1, 0.15) is 6.10 Å². The van der Waals surface area contributed by atoms with Crippen molar-refractivity contribution in [2.24, 2.45) is 5.92 Å². The SMILES string of the molecule is Cc1ccnc(CC(=O)NC2CC([C@H]3CC[C@@H](OC(=O)NC(C)(C)C)C3)NN2)c1Cl. The molecule has 0 bridgehead atoms. The van der Waals surface area contributed by atoms with Gasteiger partial charge >= 0.3 is 6.09 Å². The molecule has 2 amide bonds. The molecule has 0 spiro atoms. The lowest BCUT2D eigenvalue weighted by molar-refractivity contribution is -0.121. The molecule has 1 aliphatic heterocycles. The van der Waals surface area contributed by atoms with Crippen molar-refractivity contribution in [3.63, 3.8) is 0 Å². The van der Waals surface area contributed by atoms with Gasteiger partial charge in [-0.1, -0.05) is 11.6 Å². The molecule has 2 heterocycles. The number of amides is 2. The number of pyridine rings is 1. The molecular formula is C21H32ClN5O3. The molecule has 2 unspecified atom stereocenters. The summed E-state index contributed by atoms with van der Waals surface area (Å²) in [5, 5.41) is 6.36. The van der Waals surface area contributed by atoms with E-state index in [2.05, 4.69) is 26.5 Å². The molecule has 0 radical (unpaired) electrons. The van der Waals surface area contributed by atoms with E-state index in [9.17, 15) is 9.59 Å². The summed E-state index contributed by atoms with van der Waals surface area (Å²) < 4.78 is 5.57. The van der Waals surface area contributed by atoms with Gasteiger partial charge in [0.2, 0.25) is 5.91 Å². The maximum atomic E-state index is 12.4. The molecule has 2 aliphatic rings. The van der Waals surface area contributed by atoms with Gasteiger partial charge in [-0.15, -0.1) is 0 Å². The van der Waals surface area contributed by atoms with Crippen LogP contribution >= 0.6 is 11.6 Å². The van der Waals surface area contributed by atoms with Gasteiger partial charge in [0.05, 0.1) is 23.3 Å². The summed E-state index contributed by atoms with van der Waals surface area (Å²) in [5.74, 6) is 0.265. The summed E-state index contributed by atoms with van der Waals surface area (Å²) in [6, 6.07) is 2.04. The van der Waals surface area contributed by atoms with E-state index in [0.29, 0.717) is 16.6 Å². The number of carbonyl (C=O) groups is 2. The molecule has 0 aromatic carbocycles. The number of hydrogen-bond acceptors (Lipinski definition) is 6. The predicted octanol–water partition coefficient (Wildman–Crippen LogP) is 2.59. The number of carbonyl (C=O) groups excluding carboxylic acids is 2. The van der Waals surface area contributed by atoms with Gasteiger partial charge in [0.15, 0.2) is 0 Å². The third-order valence-corrected chi connectivity index (χ3v) is 6.01. The Morgan fingerprint density at radius 3 is 2.77 bits per heavy atom. The molecule has 1 saturated heterocycles. The fourth-order valence-corrected chi connectivity index (χ4v) is 4.21. The van der Waals surface area contributed by atoms with Crippen molar-refractivity contribution >= 4 is 23.6 Å². The highest BCUT2D eigenvalue weighted by atomic mass is 35.5. The molecule has 1 aliphatic carbocycles. The average molecular weight is 438 g/mol. The zero-order valence-electron chi connectivity index (χ0n) is 18.0. The van der Waals surface area contributed by atoms with Gasteiger partial charge in [0.25, 0.3) is 0 Å². The molecule has 1 aromatic rings. The third-order valence-electron chi connectivity index (χ3n) is 5.50. The second-order valence-electron chi connectivity index (χ2n) is 9.29. The standard InChI is InChI=1S/C21H32ClN5O3/c1-12-7-8-23-16(19(12)22)11-18(28)24-17-10-15(26-27-17)13-5-6-14(9-13)30-20(29)25-21(2,3)4/h7-8,13-15,17,26-27H,5-6,9-11H2,1-4H3,(H,24,28)(H,25,29)/t13-,14+,15?,17?/m0/s1. The first kappa shape index (κ1) is 22.8. The largest absolute Gasteiger partial charge is 0.446 e. The summed E-state index contributed by atoms with van der Waals surface area (Å²) in [6.45, 7) is 7.68. The van der Waals surface area contributed by atoms with Crippen LogP contribution in [0.5, 0.6) is 0 Å². The van der Waals surface area contributed by atoms with Crippen LogP contribution in [0.1, 0.15) is 57.7 Å². The Kier molecular flexibility index (Phi) is 7.21.